The number of carbonyl (C=O) groups is 1. The predicted octanol–water partition coefficient (Wildman–Crippen LogP) is 4.11. The number of hydrogen-bond donors (Lipinski definition) is 0. The van der Waals surface area contributed by atoms with Crippen molar-refractivity contribution in [2.75, 3.05) is 0 Å². The normalized spacial score (nSPS) is 21.6. The van der Waals surface area contributed by atoms with Crippen LogP contribution >= 0.6 is 0 Å². The van der Waals surface area contributed by atoms with Crippen LogP contribution in [-0.4, -0.2) is 16.9 Å². The van der Waals surface area contributed by atoms with Crippen LogP contribution in [0.4, 0.5) is 10.5 Å². The molecule has 100 valence electrons. The van der Waals surface area contributed by atoms with Gasteiger partial charge in [0.05, 0.1) is 0 Å². The van der Waals surface area contributed by atoms with Crippen molar-refractivity contribution in [1.29, 1.82) is 0 Å². The zero-order valence-electron chi connectivity index (χ0n) is 11.6. The molecule has 0 radical (unpaired) electrons. The second-order valence-corrected chi connectivity index (χ2v) is 5.72. The molecule has 1 aliphatic carbocycles. The molecule has 1 aromatic rings. The molecule has 0 atom stereocenters. The van der Waals surface area contributed by atoms with Gasteiger partial charge in [-0.2, -0.15) is 4.79 Å². The van der Waals surface area contributed by atoms with E-state index in [0.29, 0.717) is 5.92 Å². The molecule has 3 rings (SSSR count). The van der Waals surface area contributed by atoms with Crippen LogP contribution in [0.1, 0.15) is 43.2 Å². The van der Waals surface area contributed by atoms with Gasteiger partial charge < -0.3 is 4.74 Å². The number of rotatable bonds is 1. The Labute approximate surface area is 113 Å². The first-order valence-corrected chi connectivity index (χ1v) is 7.12. The van der Waals surface area contributed by atoms with Crippen molar-refractivity contribution < 1.29 is 14.1 Å². The monoisotopic (exact) mass is 258 g/mol. The second-order valence-electron chi connectivity index (χ2n) is 5.72. The average Bonchev–Trinajstić information content (AvgIpc) is 2.69. The third-order valence-corrected chi connectivity index (χ3v) is 4.05. The minimum atomic E-state index is -0.255. The van der Waals surface area contributed by atoms with Crippen LogP contribution in [0.5, 0.6) is 5.75 Å². The molecule has 3 heteroatoms. The summed E-state index contributed by atoms with van der Waals surface area (Å²) in [5.41, 5.74) is 3.10. The number of amides is 1. The van der Waals surface area contributed by atoms with Crippen LogP contribution in [0.3, 0.4) is 0 Å². The summed E-state index contributed by atoms with van der Waals surface area (Å²) in [5, 5.41) is 0. The van der Waals surface area contributed by atoms with Crippen LogP contribution in [0.2, 0.25) is 0 Å². The van der Waals surface area contributed by atoms with E-state index < -0.39 is 0 Å². The number of ether oxygens (including phenoxy) is 1. The van der Waals surface area contributed by atoms with Crippen LogP contribution in [-0.2, 0) is 0 Å². The van der Waals surface area contributed by atoms with Crippen LogP contribution in [0, 0.1) is 19.8 Å². The van der Waals surface area contributed by atoms with E-state index >= 15 is 0 Å². The quantitative estimate of drug-likeness (QED) is 0.709. The van der Waals surface area contributed by atoms with Gasteiger partial charge in [0.2, 0.25) is 5.75 Å². The highest BCUT2D eigenvalue weighted by atomic mass is 16.6. The number of aryl methyl sites for hydroxylation is 2. The third-order valence-electron chi connectivity index (χ3n) is 4.05. The summed E-state index contributed by atoms with van der Waals surface area (Å²) < 4.78 is 7.12. The number of carbonyl (C=O) groups excluding carboxylic acids is 1. The fourth-order valence-electron chi connectivity index (χ4n) is 3.11. The molecule has 1 saturated carbocycles. The van der Waals surface area contributed by atoms with Crippen molar-refractivity contribution in [3.8, 4) is 5.75 Å². The lowest BCUT2D eigenvalue weighted by molar-refractivity contribution is -0.331. The minimum absolute atomic E-state index is 0.255. The van der Waals surface area contributed by atoms with Gasteiger partial charge in [0, 0.05) is 12.0 Å². The lowest BCUT2D eigenvalue weighted by Gasteiger charge is -2.14. The van der Waals surface area contributed by atoms with E-state index in [-0.39, 0.29) is 6.09 Å². The number of nitrogens with zero attached hydrogens (tertiary/aromatic N) is 1. The summed E-state index contributed by atoms with van der Waals surface area (Å²) in [6, 6.07) is 4.09. The Morgan fingerprint density at radius 3 is 2.68 bits per heavy atom. The van der Waals surface area contributed by atoms with E-state index in [0.717, 1.165) is 22.6 Å². The van der Waals surface area contributed by atoms with Crippen molar-refractivity contribution >= 4 is 18.0 Å². The molecule has 1 aromatic carbocycles. The molecule has 0 bridgehead atoms. The molecule has 0 spiro atoms. The maximum Gasteiger partial charge on any atom is 0.608 e. The fourth-order valence-corrected chi connectivity index (χ4v) is 3.11. The fraction of sp³-hybridized carbons (Fsp3) is 0.500. The summed E-state index contributed by atoms with van der Waals surface area (Å²) in [6.07, 6.45) is 8.05. The highest BCUT2D eigenvalue weighted by Gasteiger charge is 2.38. The van der Waals surface area contributed by atoms with Gasteiger partial charge in [0.1, 0.15) is 0 Å². The van der Waals surface area contributed by atoms with Gasteiger partial charge in [-0.15, -0.1) is 0 Å². The zero-order valence-corrected chi connectivity index (χ0v) is 11.6. The topological polar surface area (TPSA) is 29.3 Å². The summed E-state index contributed by atoms with van der Waals surface area (Å²) in [6.45, 7) is 4.04. The number of fused-ring (bicyclic) bond motifs is 1. The Bertz CT molecular complexity index is 554. The number of benzene rings is 1. The van der Waals surface area contributed by atoms with Crippen molar-refractivity contribution in [3.63, 3.8) is 0 Å². The molecule has 1 amide bonds. The standard InChI is InChI=1S/C16H20NO2/c1-11-8-12(2)15-14(9-11)17(16(18)19-15)10-13-6-4-3-5-7-13/h8-10,13H,3-7H2,1-2H3/q+1/b17-10+. The van der Waals surface area contributed by atoms with Crippen molar-refractivity contribution in [2.45, 2.75) is 46.0 Å². The van der Waals surface area contributed by atoms with Gasteiger partial charge >= 0.3 is 6.09 Å². The Hall–Kier alpha value is -1.64. The molecule has 1 aliphatic heterocycles. The Morgan fingerprint density at radius 2 is 1.95 bits per heavy atom. The van der Waals surface area contributed by atoms with Crippen LogP contribution < -0.4 is 4.74 Å². The third kappa shape index (κ3) is 2.29. The average molecular weight is 258 g/mol. The molecule has 0 aromatic heterocycles. The maximum absolute atomic E-state index is 12.0. The zero-order chi connectivity index (χ0) is 13.4. The minimum Gasteiger partial charge on any atom is -0.365 e. The Morgan fingerprint density at radius 1 is 1.21 bits per heavy atom. The summed E-state index contributed by atoms with van der Waals surface area (Å²) in [5.74, 6) is 1.23. The molecule has 1 heterocycles. The lowest BCUT2D eigenvalue weighted by Crippen LogP contribution is -2.19. The first-order valence-electron chi connectivity index (χ1n) is 7.12. The Balaban J connectivity index is 1.99. The van der Waals surface area contributed by atoms with Crippen molar-refractivity contribution in [2.24, 2.45) is 5.92 Å². The first kappa shape index (κ1) is 12.4. The molecule has 3 nitrogen and oxygen atoms in total. The molecule has 2 aliphatic rings. The molecule has 0 saturated heterocycles. The van der Waals surface area contributed by atoms with E-state index in [4.69, 9.17) is 4.74 Å². The predicted molar refractivity (Wildman–Crippen MR) is 74.5 cm³/mol. The van der Waals surface area contributed by atoms with E-state index in [1.165, 1.54) is 32.1 Å². The first-order chi connectivity index (χ1) is 9.15. The highest BCUT2D eigenvalue weighted by Crippen LogP contribution is 2.38. The van der Waals surface area contributed by atoms with Crippen LogP contribution in [0.15, 0.2) is 12.1 Å². The number of hydrogen-bond acceptors (Lipinski definition) is 2. The molecular formula is C16H20NO2+. The molecular weight excluding hydrogens is 238 g/mol. The lowest BCUT2D eigenvalue weighted by atomic mass is 9.90. The molecule has 0 N–H and O–H groups in total. The molecule has 19 heavy (non-hydrogen) atoms. The Kier molecular flexibility index (Phi) is 3.13. The van der Waals surface area contributed by atoms with Gasteiger partial charge in [-0.3, -0.25) is 0 Å². The maximum atomic E-state index is 12.0. The largest absolute Gasteiger partial charge is 0.608 e. The van der Waals surface area contributed by atoms with Gasteiger partial charge in [-0.25, -0.2) is 0 Å². The summed E-state index contributed by atoms with van der Waals surface area (Å²) in [7, 11) is 0. The van der Waals surface area contributed by atoms with Gasteiger partial charge in [0.25, 0.3) is 5.69 Å². The molecule has 0 unspecified atom stereocenters. The van der Waals surface area contributed by atoms with Gasteiger partial charge in [-0.1, -0.05) is 29.9 Å². The van der Waals surface area contributed by atoms with E-state index in [9.17, 15) is 4.79 Å². The van der Waals surface area contributed by atoms with Crippen molar-refractivity contribution in [1.82, 2.24) is 0 Å². The summed E-state index contributed by atoms with van der Waals surface area (Å²) in [4.78, 5) is 12.0. The second kappa shape index (κ2) is 4.80. The summed E-state index contributed by atoms with van der Waals surface area (Å²) >= 11 is 0. The van der Waals surface area contributed by atoms with E-state index in [1.54, 1.807) is 4.58 Å². The molecule has 1 fully saturated rings. The van der Waals surface area contributed by atoms with E-state index in [1.807, 2.05) is 13.0 Å². The van der Waals surface area contributed by atoms with E-state index in [2.05, 4.69) is 19.2 Å². The SMILES string of the molecule is Cc1cc(C)c2c(c1)/[N+](=C\C1CCCCC1)C(=O)O2. The van der Waals surface area contributed by atoms with Gasteiger partial charge in [-0.05, 0) is 37.8 Å². The van der Waals surface area contributed by atoms with Gasteiger partial charge in [0.15, 0.2) is 6.21 Å². The van der Waals surface area contributed by atoms with Crippen molar-refractivity contribution in [3.05, 3.63) is 23.3 Å². The smallest absolute Gasteiger partial charge is 0.365 e. The van der Waals surface area contributed by atoms with Crippen LogP contribution in [0.25, 0.3) is 0 Å². The highest BCUT2D eigenvalue weighted by molar-refractivity contribution is 5.80.